The van der Waals surface area contributed by atoms with Crippen molar-refractivity contribution in [3.05, 3.63) is 55.4 Å². The van der Waals surface area contributed by atoms with Crippen molar-refractivity contribution < 1.29 is 9.59 Å². The highest BCUT2D eigenvalue weighted by atomic mass is 32.1. The summed E-state index contributed by atoms with van der Waals surface area (Å²) in [6.45, 7) is 2.83. The minimum absolute atomic E-state index is 0.0794. The molecule has 3 aromatic heterocycles. The fourth-order valence-electron chi connectivity index (χ4n) is 3.12. The van der Waals surface area contributed by atoms with Crippen molar-refractivity contribution in [1.29, 1.82) is 0 Å². The lowest BCUT2D eigenvalue weighted by molar-refractivity contribution is -0.133. The zero-order valence-corrected chi connectivity index (χ0v) is 16.5. The molecule has 0 saturated carbocycles. The van der Waals surface area contributed by atoms with E-state index in [2.05, 4.69) is 28.7 Å². The van der Waals surface area contributed by atoms with Crippen LogP contribution in [0.2, 0.25) is 0 Å². The molecule has 1 aliphatic heterocycles. The quantitative estimate of drug-likeness (QED) is 0.710. The number of hydrogen-bond donors (Lipinski definition) is 1. The fourth-order valence-corrected chi connectivity index (χ4v) is 5.41. The van der Waals surface area contributed by atoms with Gasteiger partial charge >= 0.3 is 0 Å². The lowest BCUT2D eigenvalue weighted by atomic mass is 10.0. The highest BCUT2D eigenvalue weighted by molar-refractivity contribution is 7.14. The van der Waals surface area contributed by atoms with Gasteiger partial charge in [0.25, 0.3) is 5.91 Å². The van der Waals surface area contributed by atoms with Crippen LogP contribution in [0.1, 0.15) is 38.8 Å². The van der Waals surface area contributed by atoms with Crippen LogP contribution in [-0.2, 0) is 17.6 Å². The zero-order chi connectivity index (χ0) is 18.1. The van der Waals surface area contributed by atoms with Crippen molar-refractivity contribution in [2.24, 2.45) is 0 Å². The first-order chi connectivity index (χ1) is 12.6. The SMILES string of the molecule is C[C@H]1c2ccsc2CCN1C(=O)Cc1csc(NC(=O)c2cccs2)n1. The number of carbonyl (C=O) groups excluding carboxylic acids is 2. The van der Waals surface area contributed by atoms with Gasteiger partial charge in [0.15, 0.2) is 5.13 Å². The third-order valence-corrected chi connectivity index (χ3v) is 7.12. The lowest BCUT2D eigenvalue weighted by Gasteiger charge is -2.33. The van der Waals surface area contributed by atoms with Crippen molar-refractivity contribution in [3.8, 4) is 0 Å². The number of fused-ring (bicyclic) bond motifs is 1. The van der Waals surface area contributed by atoms with Crippen LogP contribution in [0, 0.1) is 0 Å². The van der Waals surface area contributed by atoms with Crippen molar-refractivity contribution in [1.82, 2.24) is 9.88 Å². The molecule has 0 saturated heterocycles. The molecule has 134 valence electrons. The highest BCUT2D eigenvalue weighted by Crippen LogP contribution is 2.33. The summed E-state index contributed by atoms with van der Waals surface area (Å²) in [6.07, 6.45) is 1.18. The number of thiazole rings is 1. The number of nitrogens with one attached hydrogen (secondary N) is 1. The van der Waals surface area contributed by atoms with Crippen LogP contribution < -0.4 is 5.32 Å². The number of carbonyl (C=O) groups is 2. The Bertz CT molecular complexity index is 929. The van der Waals surface area contributed by atoms with Crippen molar-refractivity contribution in [2.75, 3.05) is 11.9 Å². The Hall–Kier alpha value is -2.03. The summed E-state index contributed by atoms with van der Waals surface area (Å²) in [5, 5.41) is 9.11. The van der Waals surface area contributed by atoms with E-state index in [0.29, 0.717) is 15.7 Å². The van der Waals surface area contributed by atoms with E-state index in [9.17, 15) is 9.59 Å². The van der Waals surface area contributed by atoms with E-state index in [4.69, 9.17) is 0 Å². The number of aromatic nitrogens is 1. The van der Waals surface area contributed by atoms with Gasteiger partial charge in [0.1, 0.15) is 0 Å². The van der Waals surface area contributed by atoms with Gasteiger partial charge in [-0.25, -0.2) is 4.98 Å². The number of rotatable bonds is 4. The minimum Gasteiger partial charge on any atom is -0.335 e. The van der Waals surface area contributed by atoms with Gasteiger partial charge in [0.05, 0.1) is 23.0 Å². The molecule has 0 bridgehead atoms. The molecule has 1 aliphatic rings. The normalized spacial score (nSPS) is 16.3. The molecular formula is C18H17N3O2S3. The second-order valence-corrected chi connectivity index (χ2v) is 8.87. The first-order valence-electron chi connectivity index (χ1n) is 8.27. The maximum atomic E-state index is 12.7. The van der Waals surface area contributed by atoms with Gasteiger partial charge in [-0.2, -0.15) is 0 Å². The van der Waals surface area contributed by atoms with Gasteiger partial charge in [0.2, 0.25) is 5.91 Å². The third kappa shape index (κ3) is 3.44. The molecular weight excluding hydrogens is 386 g/mol. The monoisotopic (exact) mass is 403 g/mol. The summed E-state index contributed by atoms with van der Waals surface area (Å²) in [5.74, 6) is -0.0855. The Kier molecular flexibility index (Phi) is 4.88. The minimum atomic E-state index is -0.165. The maximum absolute atomic E-state index is 12.7. The molecule has 0 unspecified atom stereocenters. The van der Waals surface area contributed by atoms with Gasteiger partial charge in [-0.15, -0.1) is 34.0 Å². The largest absolute Gasteiger partial charge is 0.335 e. The van der Waals surface area contributed by atoms with Crippen molar-refractivity contribution in [2.45, 2.75) is 25.8 Å². The molecule has 0 spiro atoms. The number of amides is 2. The van der Waals surface area contributed by atoms with E-state index in [0.717, 1.165) is 13.0 Å². The second-order valence-electron chi connectivity index (χ2n) is 6.06. The van der Waals surface area contributed by atoms with Crippen LogP contribution >= 0.6 is 34.0 Å². The van der Waals surface area contributed by atoms with Crippen LogP contribution in [0.5, 0.6) is 0 Å². The topological polar surface area (TPSA) is 62.3 Å². The van der Waals surface area contributed by atoms with E-state index in [-0.39, 0.29) is 24.3 Å². The Labute approximate surface area is 163 Å². The van der Waals surface area contributed by atoms with E-state index in [1.165, 1.54) is 33.1 Å². The lowest BCUT2D eigenvalue weighted by Crippen LogP contribution is -2.39. The second kappa shape index (κ2) is 7.30. The van der Waals surface area contributed by atoms with Gasteiger partial charge in [-0.05, 0) is 41.8 Å². The number of anilines is 1. The molecule has 1 N–H and O–H groups in total. The van der Waals surface area contributed by atoms with Gasteiger partial charge < -0.3 is 4.90 Å². The van der Waals surface area contributed by atoms with Gasteiger partial charge in [-0.3, -0.25) is 14.9 Å². The average molecular weight is 404 g/mol. The Morgan fingerprint density at radius 1 is 1.27 bits per heavy atom. The first kappa shape index (κ1) is 17.4. The van der Waals surface area contributed by atoms with Crippen LogP contribution in [0.3, 0.4) is 0 Å². The van der Waals surface area contributed by atoms with Crippen molar-refractivity contribution >= 4 is 51.0 Å². The summed E-state index contributed by atoms with van der Waals surface area (Å²) in [4.78, 5) is 33.2. The molecule has 0 aliphatic carbocycles. The molecule has 26 heavy (non-hydrogen) atoms. The number of nitrogens with zero attached hydrogens (tertiary/aromatic N) is 2. The molecule has 1 atom stereocenters. The number of hydrogen-bond acceptors (Lipinski definition) is 6. The van der Waals surface area contributed by atoms with Crippen LogP contribution in [0.15, 0.2) is 34.3 Å². The Morgan fingerprint density at radius 2 is 2.15 bits per heavy atom. The highest BCUT2D eigenvalue weighted by Gasteiger charge is 2.28. The Balaban J connectivity index is 1.40. The first-order valence-corrected chi connectivity index (χ1v) is 10.9. The molecule has 0 fully saturated rings. The summed E-state index contributed by atoms with van der Waals surface area (Å²) in [7, 11) is 0. The van der Waals surface area contributed by atoms with Crippen LogP contribution in [-0.4, -0.2) is 28.2 Å². The molecule has 0 radical (unpaired) electrons. The third-order valence-electron chi connectivity index (χ3n) is 4.45. The van der Waals surface area contributed by atoms with E-state index >= 15 is 0 Å². The van der Waals surface area contributed by atoms with Gasteiger partial charge in [-0.1, -0.05) is 6.07 Å². The Morgan fingerprint density at radius 3 is 2.96 bits per heavy atom. The van der Waals surface area contributed by atoms with Crippen LogP contribution in [0.4, 0.5) is 5.13 Å². The molecule has 3 aromatic rings. The van der Waals surface area contributed by atoms with E-state index in [1.54, 1.807) is 17.4 Å². The summed E-state index contributed by atoms with van der Waals surface area (Å²) < 4.78 is 0. The molecule has 2 amide bonds. The zero-order valence-electron chi connectivity index (χ0n) is 14.1. The molecule has 4 heterocycles. The maximum Gasteiger partial charge on any atom is 0.267 e. The summed E-state index contributed by atoms with van der Waals surface area (Å²) in [6, 6.07) is 5.83. The summed E-state index contributed by atoms with van der Waals surface area (Å²) >= 11 is 4.50. The van der Waals surface area contributed by atoms with E-state index in [1.807, 2.05) is 21.7 Å². The number of thiophene rings is 2. The standard InChI is InChI=1S/C18H17N3O2S3/c1-11-13-5-8-25-14(13)4-6-21(11)16(22)9-12-10-26-18(19-12)20-17(23)15-3-2-7-24-15/h2-3,5,7-8,10-11H,4,6,9H2,1H3,(H,19,20,23)/t11-/m0/s1. The van der Waals surface area contributed by atoms with E-state index < -0.39 is 0 Å². The summed E-state index contributed by atoms with van der Waals surface area (Å²) in [5.41, 5.74) is 1.96. The predicted octanol–water partition coefficient (Wildman–Crippen LogP) is 4.21. The predicted molar refractivity (Wildman–Crippen MR) is 106 cm³/mol. The molecule has 0 aromatic carbocycles. The average Bonchev–Trinajstić information content (AvgIpc) is 3.37. The van der Waals surface area contributed by atoms with Crippen LogP contribution in [0.25, 0.3) is 0 Å². The van der Waals surface area contributed by atoms with Crippen molar-refractivity contribution in [3.63, 3.8) is 0 Å². The molecule has 5 nitrogen and oxygen atoms in total. The molecule has 4 rings (SSSR count). The smallest absolute Gasteiger partial charge is 0.267 e. The van der Waals surface area contributed by atoms with Gasteiger partial charge in [0, 0.05) is 16.8 Å². The fraction of sp³-hybridized carbons (Fsp3) is 0.278. The molecule has 8 heteroatoms.